The minimum Gasteiger partial charge on any atom is -0.339 e. The molecular weight excluding hydrogens is 350 g/mol. The van der Waals surface area contributed by atoms with E-state index < -0.39 is 0 Å². The number of amides is 2. The third-order valence-electron chi connectivity index (χ3n) is 4.81. The van der Waals surface area contributed by atoms with E-state index in [1.54, 1.807) is 24.3 Å². The van der Waals surface area contributed by atoms with E-state index in [1.165, 1.54) is 0 Å². The smallest absolute Gasteiger partial charge is 0.253 e. The van der Waals surface area contributed by atoms with Gasteiger partial charge in [0.1, 0.15) is 0 Å². The number of anilines is 1. The van der Waals surface area contributed by atoms with Gasteiger partial charge in [0, 0.05) is 30.4 Å². The number of hydrogen-bond acceptors (Lipinski definition) is 3. The van der Waals surface area contributed by atoms with E-state index in [-0.39, 0.29) is 23.8 Å². The third kappa shape index (κ3) is 5.67. The van der Waals surface area contributed by atoms with Crippen molar-refractivity contribution in [2.24, 2.45) is 11.7 Å². The summed E-state index contributed by atoms with van der Waals surface area (Å²) in [4.78, 5) is 27.1. The van der Waals surface area contributed by atoms with Crippen LogP contribution in [0.2, 0.25) is 0 Å². The molecule has 0 spiro atoms. The van der Waals surface area contributed by atoms with Gasteiger partial charge in [-0.05, 0) is 42.7 Å². The van der Waals surface area contributed by atoms with Crippen molar-refractivity contribution in [1.29, 1.82) is 0 Å². The molecule has 5 heteroatoms. The number of benzene rings is 2. The molecule has 0 aliphatic carbocycles. The van der Waals surface area contributed by atoms with Crippen LogP contribution in [0, 0.1) is 5.92 Å². The highest BCUT2D eigenvalue weighted by Crippen LogP contribution is 2.21. The molecule has 2 aromatic carbocycles. The lowest BCUT2D eigenvalue weighted by Gasteiger charge is -2.22. The Morgan fingerprint density at radius 3 is 2.07 bits per heavy atom. The van der Waals surface area contributed by atoms with E-state index in [4.69, 9.17) is 5.73 Å². The van der Waals surface area contributed by atoms with E-state index in [0.29, 0.717) is 11.3 Å². The molecule has 2 atom stereocenters. The Kier molecular flexibility index (Phi) is 8.20. The fourth-order valence-corrected chi connectivity index (χ4v) is 3.12. The second-order valence-corrected chi connectivity index (χ2v) is 7.08. The number of rotatable bonds is 9. The largest absolute Gasteiger partial charge is 0.339 e. The maximum Gasteiger partial charge on any atom is 0.253 e. The van der Waals surface area contributed by atoms with Gasteiger partial charge in [-0.1, -0.05) is 51.1 Å². The van der Waals surface area contributed by atoms with Crippen LogP contribution in [-0.2, 0) is 4.79 Å². The molecule has 0 saturated carbocycles. The predicted molar refractivity (Wildman–Crippen MR) is 114 cm³/mol. The molecule has 0 fully saturated rings. The molecular formula is C23H31N3O2. The van der Waals surface area contributed by atoms with Crippen LogP contribution in [0.15, 0.2) is 54.6 Å². The highest BCUT2D eigenvalue weighted by molar-refractivity contribution is 5.96. The van der Waals surface area contributed by atoms with Crippen molar-refractivity contribution in [2.75, 3.05) is 18.4 Å². The number of hydrogen-bond donors (Lipinski definition) is 2. The second-order valence-electron chi connectivity index (χ2n) is 7.08. The first kappa shape index (κ1) is 21.6. The van der Waals surface area contributed by atoms with Gasteiger partial charge < -0.3 is 16.0 Å². The molecule has 0 saturated heterocycles. The fourth-order valence-electron chi connectivity index (χ4n) is 3.12. The molecule has 0 bridgehead atoms. The Bertz CT molecular complexity index is 753. The zero-order valence-electron chi connectivity index (χ0n) is 17.0. The van der Waals surface area contributed by atoms with Crippen LogP contribution in [0.3, 0.4) is 0 Å². The summed E-state index contributed by atoms with van der Waals surface area (Å²) in [5.41, 5.74) is 8.46. The molecule has 3 N–H and O–H groups in total. The third-order valence-corrected chi connectivity index (χ3v) is 4.81. The fraction of sp³-hybridized carbons (Fsp3) is 0.391. The molecule has 5 nitrogen and oxygen atoms in total. The first-order valence-electron chi connectivity index (χ1n) is 9.98. The number of carbonyl (C=O) groups excluding carboxylic acids is 2. The first-order chi connectivity index (χ1) is 13.5. The van der Waals surface area contributed by atoms with Crippen LogP contribution in [0.25, 0.3) is 0 Å². The normalized spacial score (nSPS) is 12.9. The summed E-state index contributed by atoms with van der Waals surface area (Å²) in [6.45, 7) is 7.45. The Balaban J connectivity index is 2.01. The van der Waals surface area contributed by atoms with Crippen molar-refractivity contribution >= 4 is 17.5 Å². The van der Waals surface area contributed by atoms with Gasteiger partial charge >= 0.3 is 0 Å². The number of carbonyl (C=O) groups is 2. The van der Waals surface area contributed by atoms with Crippen molar-refractivity contribution in [3.63, 3.8) is 0 Å². The van der Waals surface area contributed by atoms with Crippen molar-refractivity contribution in [3.8, 4) is 0 Å². The van der Waals surface area contributed by atoms with Gasteiger partial charge in [-0.3, -0.25) is 9.59 Å². The van der Waals surface area contributed by atoms with Crippen LogP contribution < -0.4 is 11.1 Å². The molecule has 2 unspecified atom stereocenters. The Morgan fingerprint density at radius 1 is 0.964 bits per heavy atom. The summed E-state index contributed by atoms with van der Waals surface area (Å²) in [6.07, 6.45) is 1.86. The summed E-state index contributed by atoms with van der Waals surface area (Å²) in [5.74, 6) is -0.497. The Morgan fingerprint density at radius 2 is 1.54 bits per heavy atom. The SMILES string of the molecule is CCCN(CCC)C(=O)c1ccc(NC(=O)C(C)C(N)c2ccccc2)cc1. The second kappa shape index (κ2) is 10.6. The van der Waals surface area contributed by atoms with Crippen LogP contribution >= 0.6 is 0 Å². The molecule has 0 aromatic heterocycles. The molecule has 0 aliphatic heterocycles. The van der Waals surface area contributed by atoms with Crippen molar-refractivity contribution in [1.82, 2.24) is 4.90 Å². The first-order valence-corrected chi connectivity index (χ1v) is 9.98. The molecule has 0 radical (unpaired) electrons. The average Bonchev–Trinajstić information content (AvgIpc) is 2.73. The lowest BCUT2D eigenvalue weighted by atomic mass is 9.94. The summed E-state index contributed by atoms with van der Waals surface area (Å²) < 4.78 is 0. The van der Waals surface area contributed by atoms with Gasteiger partial charge in [0.25, 0.3) is 5.91 Å². The van der Waals surface area contributed by atoms with Crippen LogP contribution in [0.5, 0.6) is 0 Å². The van der Waals surface area contributed by atoms with E-state index in [9.17, 15) is 9.59 Å². The van der Waals surface area contributed by atoms with E-state index in [0.717, 1.165) is 31.5 Å². The highest BCUT2D eigenvalue weighted by Gasteiger charge is 2.22. The minimum atomic E-state index is -0.381. The van der Waals surface area contributed by atoms with E-state index >= 15 is 0 Å². The van der Waals surface area contributed by atoms with Gasteiger partial charge in [-0.25, -0.2) is 0 Å². The number of nitrogens with two attached hydrogens (primary N) is 1. The van der Waals surface area contributed by atoms with Gasteiger partial charge in [0.2, 0.25) is 5.91 Å². The summed E-state index contributed by atoms with van der Waals surface area (Å²) in [5, 5.41) is 2.89. The summed E-state index contributed by atoms with van der Waals surface area (Å²) >= 11 is 0. The van der Waals surface area contributed by atoms with Crippen molar-refractivity contribution in [2.45, 2.75) is 39.7 Å². The van der Waals surface area contributed by atoms with Crippen LogP contribution in [0.1, 0.15) is 55.6 Å². The van der Waals surface area contributed by atoms with Crippen molar-refractivity contribution in [3.05, 3.63) is 65.7 Å². The molecule has 2 amide bonds. The summed E-state index contributed by atoms with van der Waals surface area (Å²) in [6, 6.07) is 16.3. The molecule has 2 aromatic rings. The van der Waals surface area contributed by atoms with E-state index in [2.05, 4.69) is 19.2 Å². The molecule has 150 valence electrons. The quantitative estimate of drug-likeness (QED) is 0.683. The lowest BCUT2D eigenvalue weighted by Crippen LogP contribution is -2.32. The maximum atomic E-state index is 12.6. The molecule has 0 heterocycles. The Labute approximate surface area is 167 Å². The Hall–Kier alpha value is -2.66. The summed E-state index contributed by atoms with van der Waals surface area (Å²) in [7, 11) is 0. The number of nitrogens with one attached hydrogen (secondary N) is 1. The maximum absolute atomic E-state index is 12.6. The van der Waals surface area contributed by atoms with Crippen LogP contribution in [0.4, 0.5) is 5.69 Å². The van der Waals surface area contributed by atoms with E-state index in [1.807, 2.05) is 42.2 Å². The van der Waals surface area contributed by atoms with Gasteiger partial charge in [-0.15, -0.1) is 0 Å². The standard InChI is InChI=1S/C23H31N3O2/c1-4-15-26(16-5-2)23(28)19-11-13-20(14-12-19)25-22(27)17(3)21(24)18-9-7-6-8-10-18/h6-14,17,21H,4-5,15-16,24H2,1-3H3,(H,25,27). The zero-order valence-corrected chi connectivity index (χ0v) is 17.0. The van der Waals surface area contributed by atoms with Gasteiger partial charge in [0.05, 0.1) is 5.92 Å². The monoisotopic (exact) mass is 381 g/mol. The van der Waals surface area contributed by atoms with Crippen LogP contribution in [-0.4, -0.2) is 29.8 Å². The zero-order chi connectivity index (χ0) is 20.5. The topological polar surface area (TPSA) is 75.4 Å². The number of nitrogens with zero attached hydrogens (tertiary/aromatic N) is 1. The predicted octanol–water partition coefficient (Wildman–Crippen LogP) is 4.22. The van der Waals surface area contributed by atoms with Gasteiger partial charge in [-0.2, -0.15) is 0 Å². The van der Waals surface area contributed by atoms with Crippen molar-refractivity contribution < 1.29 is 9.59 Å². The highest BCUT2D eigenvalue weighted by atomic mass is 16.2. The lowest BCUT2D eigenvalue weighted by molar-refractivity contribution is -0.120. The molecule has 2 rings (SSSR count). The molecule has 28 heavy (non-hydrogen) atoms. The molecule has 0 aliphatic rings. The minimum absolute atomic E-state index is 0.0287. The average molecular weight is 382 g/mol. The van der Waals surface area contributed by atoms with Gasteiger partial charge in [0.15, 0.2) is 0 Å².